The number of nitriles is 1. The maximum atomic E-state index is 12.9. The first-order chi connectivity index (χ1) is 12.8. The molecule has 4 heteroatoms. The summed E-state index contributed by atoms with van der Waals surface area (Å²) in [5, 5.41) is 12.8. The van der Waals surface area contributed by atoms with E-state index in [-0.39, 0.29) is 5.56 Å². The predicted octanol–water partition coefficient (Wildman–Crippen LogP) is 4.51. The van der Waals surface area contributed by atoms with E-state index in [1.54, 1.807) is 11.6 Å². The highest BCUT2D eigenvalue weighted by Gasteiger charge is 2.10. The van der Waals surface area contributed by atoms with Gasteiger partial charge in [0.05, 0.1) is 5.35 Å². The molecular weight excluding hydrogens is 352 g/mol. The zero-order valence-corrected chi connectivity index (χ0v) is 17.9. The molecule has 0 fully saturated rings. The van der Waals surface area contributed by atoms with Gasteiger partial charge in [-0.1, -0.05) is 44.6 Å². The van der Waals surface area contributed by atoms with Gasteiger partial charge in [-0.15, -0.1) is 0 Å². The third-order valence-corrected chi connectivity index (χ3v) is 4.43. The van der Waals surface area contributed by atoms with Crippen LogP contribution in [-0.4, -0.2) is 4.57 Å². The molecule has 1 aromatic carbocycles. The minimum Gasteiger partial charge on any atom is -0.311 e. The number of aromatic nitrogens is 1. The fourth-order valence-electron chi connectivity index (χ4n) is 2.62. The van der Waals surface area contributed by atoms with E-state index in [1.807, 2.05) is 57.2 Å². The van der Waals surface area contributed by atoms with Crippen LogP contribution in [0, 0.1) is 17.6 Å². The first-order valence-electron chi connectivity index (χ1n) is 9.01. The van der Waals surface area contributed by atoms with E-state index in [0.717, 1.165) is 43.9 Å². The van der Waals surface area contributed by atoms with Crippen molar-refractivity contribution in [2.75, 3.05) is 0 Å². The highest BCUT2D eigenvalue weighted by molar-refractivity contribution is 8.03. The summed E-state index contributed by atoms with van der Waals surface area (Å²) >= 11 is 1.10. The van der Waals surface area contributed by atoms with Crippen molar-refractivity contribution >= 4 is 23.9 Å². The number of thiocyanates is 1. The van der Waals surface area contributed by atoms with Crippen LogP contribution in [0.2, 0.25) is 0 Å². The van der Waals surface area contributed by atoms with Crippen LogP contribution in [0.3, 0.4) is 0 Å². The Morgan fingerprint density at radius 3 is 2.44 bits per heavy atom. The molecule has 2 aromatic rings. The molecule has 142 valence electrons. The van der Waals surface area contributed by atoms with Crippen LogP contribution in [0.1, 0.15) is 39.7 Å². The van der Waals surface area contributed by atoms with Gasteiger partial charge in [0.15, 0.2) is 0 Å². The molecule has 0 saturated carbocycles. The fourth-order valence-corrected chi connectivity index (χ4v) is 3.04. The molecule has 0 bridgehead atoms. The topological polar surface area (TPSA) is 45.8 Å². The van der Waals surface area contributed by atoms with E-state index < -0.39 is 0 Å². The monoisotopic (exact) mass is 380 g/mol. The molecule has 27 heavy (non-hydrogen) atoms. The maximum Gasteiger partial charge on any atom is 0.258 e. The van der Waals surface area contributed by atoms with Crippen LogP contribution in [0.25, 0.3) is 23.3 Å². The van der Waals surface area contributed by atoms with Crippen LogP contribution >= 0.6 is 11.8 Å². The molecule has 3 nitrogen and oxygen atoms in total. The van der Waals surface area contributed by atoms with E-state index >= 15 is 0 Å². The second-order valence-corrected chi connectivity index (χ2v) is 7.28. The highest BCUT2D eigenvalue weighted by atomic mass is 32.2. The van der Waals surface area contributed by atoms with Crippen LogP contribution in [0.4, 0.5) is 0 Å². The molecule has 0 atom stereocenters. The number of nitrogens with zero attached hydrogens (tertiary/aromatic N) is 2. The molecule has 1 heterocycles. The van der Waals surface area contributed by atoms with Crippen molar-refractivity contribution < 1.29 is 0 Å². The second kappa shape index (κ2) is 10.6. The van der Waals surface area contributed by atoms with Crippen molar-refractivity contribution in [2.45, 2.75) is 45.9 Å². The molecule has 0 radical (unpaired) electrons. The number of pyridine rings is 1. The van der Waals surface area contributed by atoms with Crippen LogP contribution in [-0.2, 0) is 7.05 Å². The lowest BCUT2D eigenvalue weighted by Crippen LogP contribution is -2.42. The smallest absolute Gasteiger partial charge is 0.258 e. The van der Waals surface area contributed by atoms with E-state index in [0.29, 0.717) is 5.56 Å². The van der Waals surface area contributed by atoms with Gasteiger partial charge < -0.3 is 4.57 Å². The van der Waals surface area contributed by atoms with Gasteiger partial charge in [0.1, 0.15) is 5.40 Å². The normalized spacial score (nSPS) is 11.6. The van der Waals surface area contributed by atoms with Gasteiger partial charge in [-0.3, -0.25) is 4.79 Å². The summed E-state index contributed by atoms with van der Waals surface area (Å²) < 4.78 is 1.66. The van der Waals surface area contributed by atoms with Crippen molar-refractivity contribution in [3.05, 3.63) is 62.9 Å². The standard InChI is InChI=1S/C20H20N2OS.C3H8/c1-6-15-10-18(20(23)22(5)19(15)9-13(2)3)17-11-16(24-12-21)8-7-14(17)4;1-3-2/h6-11H,2H2,1,3-5H3;3H2,1-2H3/b15-6-,19-9+;. The van der Waals surface area contributed by atoms with Crippen molar-refractivity contribution in [1.82, 2.24) is 4.57 Å². The quantitative estimate of drug-likeness (QED) is 0.581. The first-order valence-corrected chi connectivity index (χ1v) is 9.82. The van der Waals surface area contributed by atoms with Crippen molar-refractivity contribution in [3.63, 3.8) is 0 Å². The summed E-state index contributed by atoms with van der Waals surface area (Å²) in [5.41, 5.74) is 3.34. The van der Waals surface area contributed by atoms with Crippen LogP contribution in [0.5, 0.6) is 0 Å². The van der Waals surface area contributed by atoms with Gasteiger partial charge in [-0.05, 0) is 73.2 Å². The zero-order chi connectivity index (χ0) is 20.6. The Labute approximate surface area is 166 Å². The lowest BCUT2D eigenvalue weighted by atomic mass is 10.0. The lowest BCUT2D eigenvalue weighted by molar-refractivity contribution is 0.819. The summed E-state index contributed by atoms with van der Waals surface area (Å²) in [7, 11) is 1.77. The maximum absolute atomic E-state index is 12.9. The number of aryl methyl sites for hydroxylation is 1. The Morgan fingerprint density at radius 2 is 1.93 bits per heavy atom. The number of allylic oxidation sites excluding steroid dienone is 1. The summed E-state index contributed by atoms with van der Waals surface area (Å²) in [6, 6.07) is 7.66. The number of hydrogen-bond donors (Lipinski definition) is 0. The first kappa shape index (κ1) is 22.5. The van der Waals surface area contributed by atoms with Crippen molar-refractivity contribution in [1.29, 1.82) is 5.26 Å². The molecule has 0 spiro atoms. The molecule has 0 aliphatic rings. The molecule has 0 unspecified atom stereocenters. The van der Waals surface area contributed by atoms with Crippen LogP contribution < -0.4 is 16.1 Å². The lowest BCUT2D eigenvalue weighted by Gasteiger charge is -2.10. The van der Waals surface area contributed by atoms with E-state index in [9.17, 15) is 4.79 Å². The average molecular weight is 381 g/mol. The number of rotatable bonds is 3. The largest absolute Gasteiger partial charge is 0.311 e. The van der Waals surface area contributed by atoms with Crippen molar-refractivity contribution in [3.8, 4) is 16.5 Å². The molecule has 0 amide bonds. The Balaban J connectivity index is 0.00000114. The van der Waals surface area contributed by atoms with Crippen LogP contribution in [0.15, 0.2) is 46.1 Å². The van der Waals surface area contributed by atoms with Gasteiger partial charge in [0, 0.05) is 17.5 Å². The fraction of sp³-hybridized carbons (Fsp3) is 0.304. The number of benzene rings is 1. The zero-order valence-electron chi connectivity index (χ0n) is 17.1. The summed E-state index contributed by atoms with van der Waals surface area (Å²) in [5.74, 6) is 0. The molecule has 0 aliphatic heterocycles. The van der Waals surface area contributed by atoms with E-state index in [4.69, 9.17) is 5.26 Å². The third kappa shape index (κ3) is 5.74. The average Bonchev–Trinajstić information content (AvgIpc) is 2.62. The Bertz CT molecular complexity index is 1040. The number of thioether (sulfide) groups is 1. The SMILES string of the molecule is C=C(C)/C=c1\c(=C/C)cc(-c2cc(SC#N)ccc2C)c(=O)n1C.CCC. The summed E-state index contributed by atoms with van der Waals surface area (Å²) in [6.07, 6.45) is 5.15. The Kier molecular flexibility index (Phi) is 8.84. The molecule has 0 saturated heterocycles. The van der Waals surface area contributed by atoms with Gasteiger partial charge in [0.2, 0.25) is 0 Å². The van der Waals surface area contributed by atoms with Gasteiger partial charge in [0.25, 0.3) is 5.56 Å². The second-order valence-electron chi connectivity index (χ2n) is 6.42. The molecule has 0 N–H and O–H groups in total. The van der Waals surface area contributed by atoms with Gasteiger partial charge >= 0.3 is 0 Å². The molecule has 1 aromatic heterocycles. The molecule has 2 rings (SSSR count). The van der Waals surface area contributed by atoms with E-state index in [1.165, 1.54) is 6.42 Å². The minimum atomic E-state index is -0.0599. The Morgan fingerprint density at radius 1 is 1.30 bits per heavy atom. The molecule has 0 aliphatic carbocycles. The molecular formula is C23H28N2OS. The minimum absolute atomic E-state index is 0.0599. The predicted molar refractivity (Wildman–Crippen MR) is 118 cm³/mol. The van der Waals surface area contributed by atoms with E-state index in [2.05, 4.69) is 25.8 Å². The highest BCUT2D eigenvalue weighted by Crippen LogP contribution is 2.26. The summed E-state index contributed by atoms with van der Waals surface area (Å²) in [6.45, 7) is 14.0. The number of hydrogen-bond acceptors (Lipinski definition) is 3. The summed E-state index contributed by atoms with van der Waals surface area (Å²) in [4.78, 5) is 13.7. The van der Waals surface area contributed by atoms with Crippen molar-refractivity contribution in [2.24, 2.45) is 7.05 Å². The third-order valence-electron chi connectivity index (χ3n) is 3.85. The van der Waals surface area contributed by atoms with Gasteiger partial charge in [-0.2, -0.15) is 5.26 Å². The Hall–Kier alpha value is -2.51. The van der Waals surface area contributed by atoms with Gasteiger partial charge in [-0.25, -0.2) is 0 Å².